The van der Waals surface area contributed by atoms with E-state index in [2.05, 4.69) is 26.1 Å². The average molecular weight is 241 g/mol. The largest absolute Gasteiger partial charge is 0.275 e. The molecule has 13 heavy (non-hydrogen) atoms. The summed E-state index contributed by atoms with van der Waals surface area (Å²) in [6, 6.07) is 1.91. The first-order chi connectivity index (χ1) is 6.24. The van der Waals surface area contributed by atoms with Crippen LogP contribution in [0.5, 0.6) is 0 Å². The van der Waals surface area contributed by atoms with Crippen molar-refractivity contribution in [2.24, 2.45) is 7.05 Å². The van der Waals surface area contributed by atoms with E-state index >= 15 is 0 Å². The van der Waals surface area contributed by atoms with Crippen LogP contribution in [-0.4, -0.2) is 19.6 Å². The van der Waals surface area contributed by atoms with Crippen molar-refractivity contribution in [1.29, 1.82) is 0 Å². The van der Waals surface area contributed by atoms with E-state index in [1.165, 1.54) is 0 Å². The van der Waals surface area contributed by atoms with Crippen LogP contribution in [0.3, 0.4) is 0 Å². The van der Waals surface area contributed by atoms with E-state index < -0.39 is 0 Å². The van der Waals surface area contributed by atoms with Crippen molar-refractivity contribution in [3.05, 3.63) is 34.8 Å². The molecule has 0 amide bonds. The van der Waals surface area contributed by atoms with Gasteiger partial charge in [-0.25, -0.2) is 0 Å². The Bertz CT molecular complexity index is 365. The number of hydrogen-bond acceptors (Lipinski definition) is 2. The van der Waals surface area contributed by atoms with Crippen molar-refractivity contribution in [1.82, 2.24) is 19.6 Å². The molecule has 0 saturated heterocycles. The van der Waals surface area contributed by atoms with Crippen LogP contribution < -0.4 is 0 Å². The highest BCUT2D eigenvalue weighted by Gasteiger charge is 1.98. The molecule has 2 rings (SSSR count). The van der Waals surface area contributed by atoms with E-state index in [4.69, 9.17) is 0 Å². The predicted molar refractivity (Wildman–Crippen MR) is 52.2 cm³/mol. The van der Waals surface area contributed by atoms with Gasteiger partial charge in [-0.15, -0.1) is 0 Å². The summed E-state index contributed by atoms with van der Waals surface area (Å²) in [6.07, 6.45) is 5.75. The molecule has 0 atom stereocenters. The second kappa shape index (κ2) is 3.33. The molecule has 0 bridgehead atoms. The van der Waals surface area contributed by atoms with Gasteiger partial charge in [0.25, 0.3) is 0 Å². The van der Waals surface area contributed by atoms with Crippen LogP contribution in [0.2, 0.25) is 0 Å². The highest BCUT2D eigenvalue weighted by molar-refractivity contribution is 9.10. The summed E-state index contributed by atoms with van der Waals surface area (Å²) in [5.41, 5.74) is 1.15. The molecular weight excluding hydrogens is 232 g/mol. The van der Waals surface area contributed by atoms with Gasteiger partial charge in [0.05, 0.1) is 12.7 Å². The zero-order chi connectivity index (χ0) is 9.26. The molecule has 68 valence electrons. The Hall–Kier alpha value is -1.10. The molecule has 4 nitrogen and oxygen atoms in total. The summed E-state index contributed by atoms with van der Waals surface area (Å²) in [6.45, 7) is 0.763. The van der Waals surface area contributed by atoms with E-state index in [9.17, 15) is 0 Å². The first kappa shape index (κ1) is 8.50. The Morgan fingerprint density at radius 1 is 1.54 bits per heavy atom. The zero-order valence-electron chi connectivity index (χ0n) is 7.18. The van der Waals surface area contributed by atoms with Crippen molar-refractivity contribution in [3.8, 4) is 0 Å². The molecule has 0 radical (unpaired) electrons. The van der Waals surface area contributed by atoms with Crippen molar-refractivity contribution in [2.45, 2.75) is 6.54 Å². The van der Waals surface area contributed by atoms with Crippen LogP contribution >= 0.6 is 15.9 Å². The molecule has 0 saturated carbocycles. The van der Waals surface area contributed by atoms with Crippen LogP contribution in [0.25, 0.3) is 0 Å². The summed E-state index contributed by atoms with van der Waals surface area (Å²) in [5.74, 6) is 0. The van der Waals surface area contributed by atoms with Crippen molar-refractivity contribution >= 4 is 15.9 Å². The molecule has 0 N–H and O–H groups in total. The van der Waals surface area contributed by atoms with Gasteiger partial charge in [-0.2, -0.15) is 10.2 Å². The Kier molecular flexibility index (Phi) is 2.18. The zero-order valence-corrected chi connectivity index (χ0v) is 8.77. The van der Waals surface area contributed by atoms with Crippen molar-refractivity contribution < 1.29 is 0 Å². The second-order valence-electron chi connectivity index (χ2n) is 2.86. The minimum absolute atomic E-state index is 0.763. The fourth-order valence-electron chi connectivity index (χ4n) is 1.17. The quantitative estimate of drug-likeness (QED) is 0.797. The summed E-state index contributed by atoms with van der Waals surface area (Å²) in [7, 11) is 1.91. The maximum Gasteiger partial charge on any atom is 0.128 e. The number of rotatable bonds is 2. The number of hydrogen-bond donors (Lipinski definition) is 0. The highest BCUT2D eigenvalue weighted by atomic mass is 79.9. The third-order valence-corrected chi connectivity index (χ3v) is 2.13. The Balaban J connectivity index is 2.14. The molecule has 0 spiro atoms. The van der Waals surface area contributed by atoms with Gasteiger partial charge in [0, 0.05) is 25.0 Å². The lowest BCUT2D eigenvalue weighted by Gasteiger charge is -1.95. The standard InChI is InChI=1S/C8H9BrN4/c1-12-5-7(4-10-12)6-13-3-2-8(9)11-13/h2-5H,6H2,1H3. The Morgan fingerprint density at radius 3 is 2.92 bits per heavy atom. The molecule has 0 aromatic carbocycles. The molecule has 0 aliphatic rings. The molecule has 0 fully saturated rings. The number of aromatic nitrogens is 4. The third-order valence-electron chi connectivity index (χ3n) is 1.71. The lowest BCUT2D eigenvalue weighted by atomic mass is 10.4. The minimum Gasteiger partial charge on any atom is -0.275 e. The number of halogens is 1. The van der Waals surface area contributed by atoms with E-state index in [0.717, 1.165) is 16.7 Å². The summed E-state index contributed by atoms with van der Waals surface area (Å²) < 4.78 is 4.51. The van der Waals surface area contributed by atoms with Crippen LogP contribution in [0.1, 0.15) is 5.56 Å². The SMILES string of the molecule is Cn1cc(Cn2ccc(Br)n2)cn1. The molecule has 0 aliphatic heterocycles. The Morgan fingerprint density at radius 2 is 2.38 bits per heavy atom. The van der Waals surface area contributed by atoms with E-state index in [1.807, 2.05) is 36.4 Å². The lowest BCUT2D eigenvalue weighted by Crippen LogP contribution is -1.98. The maximum absolute atomic E-state index is 4.21. The Labute approximate surface area is 84.3 Å². The van der Waals surface area contributed by atoms with Gasteiger partial charge < -0.3 is 0 Å². The third kappa shape index (κ3) is 1.98. The van der Waals surface area contributed by atoms with Crippen LogP contribution in [0, 0.1) is 0 Å². The lowest BCUT2D eigenvalue weighted by molar-refractivity contribution is 0.680. The maximum atomic E-state index is 4.21. The average Bonchev–Trinajstić information content (AvgIpc) is 2.62. The fourth-order valence-corrected chi connectivity index (χ4v) is 1.49. The predicted octanol–water partition coefficient (Wildman–Crippen LogP) is 1.43. The molecule has 5 heteroatoms. The van der Waals surface area contributed by atoms with E-state index in [-0.39, 0.29) is 0 Å². The molecule has 0 unspecified atom stereocenters. The van der Waals surface area contributed by atoms with Crippen LogP contribution in [-0.2, 0) is 13.6 Å². The first-order valence-electron chi connectivity index (χ1n) is 3.90. The fraction of sp³-hybridized carbons (Fsp3) is 0.250. The van der Waals surface area contributed by atoms with Gasteiger partial charge in [0.1, 0.15) is 4.60 Å². The summed E-state index contributed by atoms with van der Waals surface area (Å²) in [4.78, 5) is 0. The first-order valence-corrected chi connectivity index (χ1v) is 4.70. The molecule has 2 aromatic heterocycles. The van der Waals surface area contributed by atoms with E-state index in [1.54, 1.807) is 4.68 Å². The van der Waals surface area contributed by atoms with Crippen molar-refractivity contribution in [3.63, 3.8) is 0 Å². The minimum atomic E-state index is 0.763. The normalized spacial score (nSPS) is 10.6. The smallest absolute Gasteiger partial charge is 0.128 e. The summed E-state index contributed by atoms with van der Waals surface area (Å²) in [5, 5.41) is 8.29. The van der Waals surface area contributed by atoms with Gasteiger partial charge in [0.2, 0.25) is 0 Å². The molecule has 0 aliphatic carbocycles. The molecular formula is C8H9BrN4. The highest BCUT2D eigenvalue weighted by Crippen LogP contribution is 2.06. The van der Waals surface area contributed by atoms with Gasteiger partial charge in [0.15, 0.2) is 0 Å². The van der Waals surface area contributed by atoms with E-state index in [0.29, 0.717) is 0 Å². The van der Waals surface area contributed by atoms with Crippen LogP contribution in [0.4, 0.5) is 0 Å². The topological polar surface area (TPSA) is 35.6 Å². The van der Waals surface area contributed by atoms with Gasteiger partial charge in [-0.3, -0.25) is 9.36 Å². The monoisotopic (exact) mass is 240 g/mol. The van der Waals surface area contributed by atoms with Gasteiger partial charge >= 0.3 is 0 Å². The number of aryl methyl sites for hydroxylation is 1. The second-order valence-corrected chi connectivity index (χ2v) is 3.67. The van der Waals surface area contributed by atoms with Gasteiger partial charge in [-0.1, -0.05) is 0 Å². The summed E-state index contributed by atoms with van der Waals surface area (Å²) >= 11 is 3.30. The van der Waals surface area contributed by atoms with Crippen molar-refractivity contribution in [2.75, 3.05) is 0 Å². The molecule has 2 heterocycles. The van der Waals surface area contributed by atoms with Crippen LogP contribution in [0.15, 0.2) is 29.3 Å². The molecule has 2 aromatic rings. The van der Waals surface area contributed by atoms with Gasteiger partial charge in [-0.05, 0) is 22.0 Å². The number of nitrogens with zero attached hydrogens (tertiary/aromatic N) is 4.